The SMILES string of the molecule is CCOC(=O)[C@@H]1O[C@@H](c2ccc(Cl)cc2)O[C@@H]1c1ccc(Cl)cc1. The molecule has 1 fully saturated rings. The number of carbonyl (C=O) groups excluding carboxylic acids is 1. The van der Waals surface area contributed by atoms with E-state index >= 15 is 0 Å². The number of hydrogen-bond acceptors (Lipinski definition) is 4. The van der Waals surface area contributed by atoms with Gasteiger partial charge in [0.25, 0.3) is 0 Å². The molecule has 0 N–H and O–H groups in total. The van der Waals surface area contributed by atoms with E-state index in [2.05, 4.69) is 0 Å². The fourth-order valence-corrected chi connectivity index (χ4v) is 2.78. The van der Waals surface area contributed by atoms with Crippen LogP contribution in [0.3, 0.4) is 0 Å². The van der Waals surface area contributed by atoms with Crippen LogP contribution in [-0.2, 0) is 19.0 Å². The highest BCUT2D eigenvalue weighted by Crippen LogP contribution is 2.40. The number of halogens is 2. The van der Waals surface area contributed by atoms with Crippen molar-refractivity contribution in [1.29, 1.82) is 0 Å². The first-order valence-corrected chi connectivity index (χ1v) is 8.32. The molecule has 2 aromatic carbocycles. The van der Waals surface area contributed by atoms with Gasteiger partial charge < -0.3 is 14.2 Å². The highest BCUT2D eigenvalue weighted by atomic mass is 35.5. The van der Waals surface area contributed by atoms with Crippen LogP contribution in [0.2, 0.25) is 10.0 Å². The first kappa shape index (κ1) is 17.2. The van der Waals surface area contributed by atoms with Crippen molar-refractivity contribution in [3.05, 3.63) is 69.7 Å². The zero-order chi connectivity index (χ0) is 17.1. The van der Waals surface area contributed by atoms with Crippen LogP contribution in [0.1, 0.15) is 30.4 Å². The van der Waals surface area contributed by atoms with Crippen molar-refractivity contribution in [2.45, 2.75) is 25.4 Å². The Morgan fingerprint density at radius 2 is 1.50 bits per heavy atom. The summed E-state index contributed by atoms with van der Waals surface area (Å²) in [7, 11) is 0. The van der Waals surface area contributed by atoms with Gasteiger partial charge >= 0.3 is 5.97 Å². The molecule has 0 amide bonds. The molecule has 6 heteroatoms. The van der Waals surface area contributed by atoms with E-state index in [1.807, 2.05) is 12.1 Å². The zero-order valence-corrected chi connectivity index (χ0v) is 14.5. The van der Waals surface area contributed by atoms with Gasteiger partial charge in [0.05, 0.1) is 6.61 Å². The summed E-state index contributed by atoms with van der Waals surface area (Å²) in [4.78, 5) is 12.3. The number of esters is 1. The second-order valence-corrected chi connectivity index (χ2v) is 6.17. The highest BCUT2D eigenvalue weighted by molar-refractivity contribution is 6.30. The van der Waals surface area contributed by atoms with Crippen LogP contribution >= 0.6 is 23.2 Å². The summed E-state index contributed by atoms with van der Waals surface area (Å²) in [5, 5.41) is 1.23. The predicted octanol–water partition coefficient (Wildman–Crippen LogP) is 4.71. The lowest BCUT2D eigenvalue weighted by Gasteiger charge is -2.15. The van der Waals surface area contributed by atoms with Crippen molar-refractivity contribution in [1.82, 2.24) is 0 Å². The van der Waals surface area contributed by atoms with Crippen molar-refractivity contribution < 1.29 is 19.0 Å². The van der Waals surface area contributed by atoms with Gasteiger partial charge in [0.2, 0.25) is 0 Å². The van der Waals surface area contributed by atoms with Crippen LogP contribution in [0.15, 0.2) is 48.5 Å². The minimum absolute atomic E-state index is 0.275. The van der Waals surface area contributed by atoms with Crippen molar-refractivity contribution in [3.8, 4) is 0 Å². The Morgan fingerprint density at radius 1 is 0.958 bits per heavy atom. The van der Waals surface area contributed by atoms with Crippen LogP contribution in [0.5, 0.6) is 0 Å². The second-order valence-electron chi connectivity index (χ2n) is 5.30. The molecule has 0 saturated carbocycles. The first-order valence-electron chi connectivity index (χ1n) is 7.57. The van der Waals surface area contributed by atoms with Crippen molar-refractivity contribution in [2.24, 2.45) is 0 Å². The maximum Gasteiger partial charge on any atom is 0.338 e. The van der Waals surface area contributed by atoms with Gasteiger partial charge in [-0.05, 0) is 36.8 Å². The average Bonchev–Trinajstić information content (AvgIpc) is 3.02. The molecule has 1 aliphatic rings. The zero-order valence-electron chi connectivity index (χ0n) is 12.9. The Morgan fingerprint density at radius 3 is 2.04 bits per heavy atom. The highest BCUT2D eigenvalue weighted by Gasteiger charge is 2.43. The summed E-state index contributed by atoms with van der Waals surface area (Å²) in [5.74, 6) is -0.450. The van der Waals surface area contributed by atoms with Crippen LogP contribution < -0.4 is 0 Å². The average molecular weight is 367 g/mol. The molecule has 0 radical (unpaired) electrons. The molecule has 24 heavy (non-hydrogen) atoms. The van der Waals surface area contributed by atoms with E-state index in [-0.39, 0.29) is 6.61 Å². The first-order chi connectivity index (χ1) is 11.6. The Bertz CT molecular complexity index is 700. The number of rotatable bonds is 4. The van der Waals surface area contributed by atoms with E-state index in [0.717, 1.165) is 11.1 Å². The van der Waals surface area contributed by atoms with E-state index in [1.165, 1.54) is 0 Å². The molecule has 0 spiro atoms. The monoisotopic (exact) mass is 366 g/mol. The lowest BCUT2D eigenvalue weighted by atomic mass is 10.0. The van der Waals surface area contributed by atoms with Crippen molar-refractivity contribution >= 4 is 29.2 Å². The summed E-state index contributed by atoms with van der Waals surface area (Å²) < 4.78 is 16.9. The van der Waals surface area contributed by atoms with E-state index < -0.39 is 24.5 Å². The Hall–Kier alpha value is -1.59. The van der Waals surface area contributed by atoms with Crippen LogP contribution in [0, 0.1) is 0 Å². The van der Waals surface area contributed by atoms with Crippen LogP contribution in [-0.4, -0.2) is 18.7 Å². The van der Waals surface area contributed by atoms with Gasteiger partial charge in [0, 0.05) is 15.6 Å². The van der Waals surface area contributed by atoms with Crippen molar-refractivity contribution in [3.63, 3.8) is 0 Å². The molecule has 4 nitrogen and oxygen atoms in total. The molecule has 3 rings (SSSR count). The number of benzene rings is 2. The quantitative estimate of drug-likeness (QED) is 0.734. The largest absolute Gasteiger partial charge is 0.464 e. The third-order valence-corrected chi connectivity index (χ3v) is 4.18. The molecular formula is C18H16Cl2O4. The smallest absolute Gasteiger partial charge is 0.338 e. The molecule has 1 aliphatic heterocycles. The van der Waals surface area contributed by atoms with Gasteiger partial charge in [-0.2, -0.15) is 0 Å². The Balaban J connectivity index is 1.87. The molecule has 0 unspecified atom stereocenters. The van der Waals surface area contributed by atoms with Gasteiger partial charge in [-0.25, -0.2) is 4.79 Å². The summed E-state index contributed by atoms with van der Waals surface area (Å²) in [6.07, 6.45) is -2.08. The molecule has 1 heterocycles. The molecule has 1 saturated heterocycles. The topological polar surface area (TPSA) is 44.8 Å². The third kappa shape index (κ3) is 3.73. The van der Waals surface area contributed by atoms with Gasteiger partial charge in [0.1, 0.15) is 6.10 Å². The van der Waals surface area contributed by atoms with Gasteiger partial charge in [-0.3, -0.25) is 0 Å². The van der Waals surface area contributed by atoms with E-state index in [0.29, 0.717) is 10.0 Å². The lowest BCUT2D eigenvalue weighted by Crippen LogP contribution is -2.28. The van der Waals surface area contributed by atoms with E-state index in [4.69, 9.17) is 37.4 Å². The fraction of sp³-hybridized carbons (Fsp3) is 0.278. The summed E-state index contributed by atoms with van der Waals surface area (Å²) in [5.41, 5.74) is 1.58. The number of ether oxygens (including phenoxy) is 3. The van der Waals surface area contributed by atoms with E-state index in [1.54, 1.807) is 43.3 Å². The maximum absolute atomic E-state index is 12.3. The summed E-state index contributed by atoms with van der Waals surface area (Å²) >= 11 is 11.8. The summed E-state index contributed by atoms with van der Waals surface area (Å²) in [6, 6.07) is 14.2. The molecule has 0 aromatic heterocycles. The van der Waals surface area contributed by atoms with Gasteiger partial charge in [-0.1, -0.05) is 47.5 Å². The lowest BCUT2D eigenvalue weighted by molar-refractivity contribution is -0.157. The number of carbonyl (C=O) groups is 1. The standard InChI is InChI=1S/C18H16Cl2O4/c1-2-22-17(21)16-15(11-3-7-13(19)8-4-11)23-18(24-16)12-5-9-14(20)10-6-12/h3-10,15-16,18H,2H2,1H3/t15-,16-,18+/m1/s1. The summed E-state index contributed by atoms with van der Waals surface area (Å²) in [6.45, 7) is 2.03. The third-order valence-electron chi connectivity index (χ3n) is 3.67. The molecule has 2 aromatic rings. The van der Waals surface area contributed by atoms with Gasteiger partial charge in [-0.15, -0.1) is 0 Å². The predicted molar refractivity (Wildman–Crippen MR) is 91.0 cm³/mol. The van der Waals surface area contributed by atoms with Crippen LogP contribution in [0.25, 0.3) is 0 Å². The molecular weight excluding hydrogens is 351 g/mol. The molecule has 0 bridgehead atoms. The molecule has 126 valence electrons. The maximum atomic E-state index is 12.3. The molecule has 3 atom stereocenters. The Kier molecular flexibility index (Phi) is 5.41. The molecule has 0 aliphatic carbocycles. The van der Waals surface area contributed by atoms with Crippen molar-refractivity contribution in [2.75, 3.05) is 6.61 Å². The Labute approximate surface area is 150 Å². The minimum Gasteiger partial charge on any atom is -0.464 e. The fourth-order valence-electron chi connectivity index (χ4n) is 2.53. The van der Waals surface area contributed by atoms with E-state index in [9.17, 15) is 4.79 Å². The minimum atomic E-state index is -0.841. The van der Waals surface area contributed by atoms with Gasteiger partial charge in [0.15, 0.2) is 12.4 Å². The second kappa shape index (κ2) is 7.53. The normalized spacial score (nSPS) is 23.2. The number of hydrogen-bond donors (Lipinski definition) is 0. The van der Waals surface area contributed by atoms with Crippen LogP contribution in [0.4, 0.5) is 0 Å².